The van der Waals surface area contributed by atoms with Gasteiger partial charge in [-0.25, -0.2) is 4.79 Å². The van der Waals surface area contributed by atoms with Gasteiger partial charge in [-0.1, -0.05) is 0 Å². The Bertz CT molecular complexity index is 572. The zero-order valence-electron chi connectivity index (χ0n) is 9.54. The van der Waals surface area contributed by atoms with Gasteiger partial charge in [-0.15, -0.1) is 0 Å². The van der Waals surface area contributed by atoms with Crippen LogP contribution >= 0.6 is 0 Å². The summed E-state index contributed by atoms with van der Waals surface area (Å²) in [5.41, 5.74) is 0.494. The molecule has 94 valence electrons. The van der Waals surface area contributed by atoms with E-state index in [1.54, 1.807) is 19.3 Å². The van der Waals surface area contributed by atoms with Crippen LogP contribution in [0, 0.1) is 0 Å². The molecule has 3 N–H and O–H groups in total. The van der Waals surface area contributed by atoms with E-state index in [1.165, 1.54) is 10.9 Å². The predicted octanol–water partition coefficient (Wildman–Crippen LogP) is -0.229. The minimum absolute atomic E-state index is 0.0320. The fourth-order valence-corrected chi connectivity index (χ4v) is 1.47. The average Bonchev–Trinajstić information content (AvgIpc) is 2.94. The molecule has 0 saturated carbocycles. The number of carboxylic acid groups (broad SMARTS) is 1. The Labute approximate surface area is 102 Å². The first-order valence-electron chi connectivity index (χ1n) is 5.11. The van der Waals surface area contributed by atoms with Gasteiger partial charge in [-0.05, 0) is 6.07 Å². The molecule has 0 saturated heterocycles. The highest BCUT2D eigenvalue weighted by atomic mass is 16.4. The van der Waals surface area contributed by atoms with Gasteiger partial charge < -0.3 is 10.4 Å². The van der Waals surface area contributed by atoms with Crippen LogP contribution in [0.2, 0.25) is 0 Å². The van der Waals surface area contributed by atoms with Crippen molar-refractivity contribution in [2.24, 2.45) is 7.05 Å². The molecule has 0 spiro atoms. The molecular formula is C10H11N5O3. The maximum absolute atomic E-state index is 11.8. The van der Waals surface area contributed by atoms with Crippen LogP contribution < -0.4 is 5.32 Å². The lowest BCUT2D eigenvalue weighted by molar-refractivity contribution is 0.0684. The van der Waals surface area contributed by atoms with Crippen LogP contribution in [0.15, 0.2) is 18.5 Å². The van der Waals surface area contributed by atoms with Crippen LogP contribution in [0.3, 0.4) is 0 Å². The zero-order chi connectivity index (χ0) is 13.1. The van der Waals surface area contributed by atoms with E-state index >= 15 is 0 Å². The van der Waals surface area contributed by atoms with Gasteiger partial charge >= 0.3 is 5.97 Å². The molecule has 2 rings (SSSR count). The largest absolute Gasteiger partial charge is 0.476 e. The van der Waals surface area contributed by atoms with E-state index in [-0.39, 0.29) is 17.8 Å². The highest BCUT2D eigenvalue weighted by Crippen LogP contribution is 2.06. The van der Waals surface area contributed by atoms with Gasteiger partial charge in [0.15, 0.2) is 5.69 Å². The van der Waals surface area contributed by atoms with Gasteiger partial charge in [-0.2, -0.15) is 10.2 Å². The lowest BCUT2D eigenvalue weighted by atomic mass is 10.2. The maximum Gasteiger partial charge on any atom is 0.357 e. The van der Waals surface area contributed by atoms with E-state index in [0.29, 0.717) is 0 Å². The second-order valence-corrected chi connectivity index (χ2v) is 3.63. The number of aryl methyl sites for hydroxylation is 1. The van der Waals surface area contributed by atoms with Crippen molar-refractivity contribution in [2.45, 2.75) is 6.54 Å². The second-order valence-electron chi connectivity index (χ2n) is 3.63. The minimum Gasteiger partial charge on any atom is -0.476 e. The molecule has 1 amide bonds. The number of aromatic carboxylic acids is 1. The fourth-order valence-electron chi connectivity index (χ4n) is 1.47. The van der Waals surface area contributed by atoms with Gasteiger partial charge in [-0.3, -0.25) is 14.6 Å². The van der Waals surface area contributed by atoms with Gasteiger partial charge in [0, 0.05) is 19.4 Å². The van der Waals surface area contributed by atoms with Crippen molar-refractivity contribution >= 4 is 11.9 Å². The Morgan fingerprint density at radius 2 is 2.33 bits per heavy atom. The van der Waals surface area contributed by atoms with Gasteiger partial charge in [0.1, 0.15) is 0 Å². The van der Waals surface area contributed by atoms with Crippen LogP contribution in [0.4, 0.5) is 0 Å². The number of aromatic amines is 1. The van der Waals surface area contributed by atoms with Crippen LogP contribution in [0.5, 0.6) is 0 Å². The first-order valence-corrected chi connectivity index (χ1v) is 5.11. The molecule has 0 aromatic carbocycles. The van der Waals surface area contributed by atoms with Crippen molar-refractivity contribution in [3.63, 3.8) is 0 Å². The molecule has 0 aliphatic heterocycles. The Balaban J connectivity index is 2.11. The predicted molar refractivity (Wildman–Crippen MR) is 59.9 cm³/mol. The number of rotatable bonds is 4. The third-order valence-corrected chi connectivity index (χ3v) is 2.27. The molecule has 18 heavy (non-hydrogen) atoms. The number of carbonyl (C=O) groups excluding carboxylic acids is 1. The number of nitrogens with one attached hydrogen (secondary N) is 2. The third-order valence-electron chi connectivity index (χ3n) is 2.27. The third kappa shape index (κ3) is 2.37. The van der Waals surface area contributed by atoms with Gasteiger partial charge in [0.25, 0.3) is 5.91 Å². The van der Waals surface area contributed by atoms with Crippen molar-refractivity contribution in [3.05, 3.63) is 35.4 Å². The van der Waals surface area contributed by atoms with Crippen LogP contribution in [0.25, 0.3) is 0 Å². The first kappa shape index (κ1) is 11.8. The molecule has 8 nitrogen and oxygen atoms in total. The minimum atomic E-state index is -1.23. The zero-order valence-corrected chi connectivity index (χ0v) is 9.54. The smallest absolute Gasteiger partial charge is 0.357 e. The van der Waals surface area contributed by atoms with Crippen molar-refractivity contribution in [2.75, 3.05) is 0 Å². The van der Waals surface area contributed by atoms with E-state index in [0.717, 1.165) is 5.69 Å². The number of hydrogen-bond donors (Lipinski definition) is 3. The topological polar surface area (TPSA) is 113 Å². The monoisotopic (exact) mass is 249 g/mol. The van der Waals surface area contributed by atoms with Crippen LogP contribution in [0.1, 0.15) is 26.5 Å². The summed E-state index contributed by atoms with van der Waals surface area (Å²) in [5.74, 6) is -1.72. The number of nitrogens with zero attached hydrogens (tertiary/aromatic N) is 3. The van der Waals surface area contributed by atoms with Crippen molar-refractivity contribution in [3.8, 4) is 0 Å². The molecule has 2 heterocycles. The lowest BCUT2D eigenvalue weighted by Crippen LogP contribution is -2.24. The number of carbonyl (C=O) groups is 2. The summed E-state index contributed by atoms with van der Waals surface area (Å²) in [6.45, 7) is 0.243. The van der Waals surface area contributed by atoms with E-state index in [4.69, 9.17) is 5.11 Å². The molecule has 0 bridgehead atoms. The Kier molecular flexibility index (Phi) is 3.09. The summed E-state index contributed by atoms with van der Waals surface area (Å²) in [7, 11) is 1.55. The summed E-state index contributed by atoms with van der Waals surface area (Å²) in [6.07, 6.45) is 2.93. The number of aromatic nitrogens is 4. The molecule has 0 unspecified atom stereocenters. The molecule has 0 aliphatic rings. The van der Waals surface area contributed by atoms with E-state index in [9.17, 15) is 9.59 Å². The number of H-pyrrole nitrogens is 1. The molecule has 0 atom stereocenters. The summed E-state index contributed by atoms with van der Waals surface area (Å²) >= 11 is 0. The Morgan fingerprint density at radius 1 is 1.56 bits per heavy atom. The first-order chi connectivity index (χ1) is 8.58. The summed E-state index contributed by atoms with van der Waals surface area (Å²) in [5, 5.41) is 21.6. The number of hydrogen-bond acceptors (Lipinski definition) is 4. The summed E-state index contributed by atoms with van der Waals surface area (Å²) < 4.78 is 1.29. The molecule has 0 aliphatic carbocycles. The molecule has 8 heteroatoms. The normalized spacial score (nSPS) is 10.3. The molecule has 0 fully saturated rings. The van der Waals surface area contributed by atoms with Crippen LogP contribution in [-0.2, 0) is 13.6 Å². The molecule has 2 aromatic heterocycles. The summed E-state index contributed by atoms with van der Waals surface area (Å²) in [4.78, 5) is 22.7. The van der Waals surface area contributed by atoms with Gasteiger partial charge in [0.05, 0.1) is 17.8 Å². The Hall–Kier alpha value is -2.64. The number of carboxylic acids is 1. The van der Waals surface area contributed by atoms with Crippen molar-refractivity contribution < 1.29 is 14.7 Å². The van der Waals surface area contributed by atoms with Crippen molar-refractivity contribution in [1.29, 1.82) is 0 Å². The second kappa shape index (κ2) is 4.70. The molecule has 0 radical (unpaired) electrons. The van der Waals surface area contributed by atoms with Crippen molar-refractivity contribution in [1.82, 2.24) is 25.3 Å². The fraction of sp³-hybridized carbons (Fsp3) is 0.200. The quantitative estimate of drug-likeness (QED) is 0.692. The van der Waals surface area contributed by atoms with Crippen LogP contribution in [-0.4, -0.2) is 37.0 Å². The highest BCUT2D eigenvalue weighted by molar-refractivity contribution is 6.03. The molecular weight excluding hydrogens is 238 g/mol. The average molecular weight is 249 g/mol. The molecule has 2 aromatic rings. The number of amides is 1. The van der Waals surface area contributed by atoms with E-state index < -0.39 is 11.9 Å². The van der Waals surface area contributed by atoms with Gasteiger partial charge in [0.2, 0.25) is 0 Å². The highest BCUT2D eigenvalue weighted by Gasteiger charge is 2.20. The van der Waals surface area contributed by atoms with E-state index in [1.807, 2.05) is 0 Å². The summed E-state index contributed by atoms with van der Waals surface area (Å²) in [6, 6.07) is 1.71. The Morgan fingerprint density at radius 3 is 2.94 bits per heavy atom. The SMILES string of the molecule is Cn1cc(C(=O)NCc2ccn[nH]2)c(C(=O)O)n1. The standard InChI is InChI=1S/C10H11N5O3/c1-15-5-7(8(14-15)10(17)18)9(16)11-4-6-2-3-12-13-6/h2-3,5H,4H2,1H3,(H,11,16)(H,12,13)(H,17,18). The van der Waals surface area contributed by atoms with E-state index in [2.05, 4.69) is 20.6 Å². The maximum atomic E-state index is 11.8. The lowest BCUT2D eigenvalue weighted by Gasteiger charge is -2.01.